The zero-order chi connectivity index (χ0) is 23.9. The molecule has 4 rings (SSSR count). The molecule has 1 N–H and O–H groups in total. The maximum atomic E-state index is 12.4. The Labute approximate surface area is 211 Å². The summed E-state index contributed by atoms with van der Waals surface area (Å²) in [5.74, 6) is 1.14. The fourth-order valence-corrected chi connectivity index (χ4v) is 4.28. The highest BCUT2D eigenvalue weighted by molar-refractivity contribution is 9.10. The number of aromatic nitrogens is 3. The summed E-state index contributed by atoms with van der Waals surface area (Å²) in [4.78, 5) is 12.4. The lowest BCUT2D eigenvalue weighted by atomic mass is 10.0. The fourth-order valence-electron chi connectivity index (χ4n) is 3.27. The Morgan fingerprint density at radius 3 is 2.41 bits per heavy atom. The van der Waals surface area contributed by atoms with Gasteiger partial charge >= 0.3 is 0 Å². The van der Waals surface area contributed by atoms with Gasteiger partial charge in [-0.15, -0.1) is 10.2 Å². The van der Waals surface area contributed by atoms with Crippen molar-refractivity contribution in [3.8, 4) is 17.1 Å². The molecular formula is C26H24BrN5OS. The second kappa shape index (κ2) is 11.3. The molecule has 4 aromatic rings. The van der Waals surface area contributed by atoms with Crippen molar-refractivity contribution in [2.75, 3.05) is 5.75 Å². The van der Waals surface area contributed by atoms with Crippen LogP contribution in [0.15, 0.2) is 93.6 Å². The fraction of sp³-hybridized carbons (Fsp3) is 0.154. The predicted octanol–water partition coefficient (Wildman–Crippen LogP) is 6.06. The number of rotatable bonds is 8. The lowest BCUT2D eigenvalue weighted by molar-refractivity contribution is -0.118. The Hall–Kier alpha value is -3.23. The number of carbonyl (C=O) groups is 1. The Morgan fingerprint density at radius 1 is 1.03 bits per heavy atom. The second-order valence-electron chi connectivity index (χ2n) is 7.89. The SMILES string of the molecule is CC(C)c1ccc(/C=N\NC(=O)CSc2nnc(-c3ccc(Br)cc3)n2-c2ccccc2)cc1. The molecule has 6 nitrogen and oxygen atoms in total. The molecule has 3 aromatic carbocycles. The molecule has 0 atom stereocenters. The molecule has 0 aliphatic heterocycles. The average molecular weight is 534 g/mol. The van der Waals surface area contributed by atoms with Crippen molar-refractivity contribution in [3.05, 3.63) is 94.5 Å². The molecule has 0 saturated heterocycles. The van der Waals surface area contributed by atoms with E-state index in [1.54, 1.807) is 6.21 Å². The number of nitrogens with zero attached hydrogens (tertiary/aromatic N) is 4. The van der Waals surface area contributed by atoms with Crippen LogP contribution in [0.3, 0.4) is 0 Å². The van der Waals surface area contributed by atoms with E-state index in [0.717, 1.165) is 21.3 Å². The van der Waals surface area contributed by atoms with E-state index in [9.17, 15) is 4.79 Å². The van der Waals surface area contributed by atoms with E-state index in [-0.39, 0.29) is 11.7 Å². The number of carbonyl (C=O) groups excluding carboxylic acids is 1. The first-order chi connectivity index (χ1) is 16.5. The topological polar surface area (TPSA) is 72.2 Å². The van der Waals surface area contributed by atoms with Gasteiger partial charge in [-0.05, 0) is 41.3 Å². The van der Waals surface area contributed by atoms with E-state index in [4.69, 9.17) is 0 Å². The van der Waals surface area contributed by atoms with Crippen molar-refractivity contribution in [1.82, 2.24) is 20.2 Å². The maximum Gasteiger partial charge on any atom is 0.250 e. The van der Waals surface area contributed by atoms with Crippen molar-refractivity contribution in [2.45, 2.75) is 24.9 Å². The van der Waals surface area contributed by atoms with Crippen LogP contribution in [0.5, 0.6) is 0 Å². The highest BCUT2D eigenvalue weighted by Crippen LogP contribution is 2.28. The van der Waals surface area contributed by atoms with Crippen LogP contribution in [0, 0.1) is 0 Å². The van der Waals surface area contributed by atoms with Gasteiger partial charge in [-0.3, -0.25) is 9.36 Å². The summed E-state index contributed by atoms with van der Waals surface area (Å²) in [5.41, 5.74) is 6.65. The number of hydrogen-bond acceptors (Lipinski definition) is 5. The van der Waals surface area contributed by atoms with Crippen molar-refractivity contribution >= 4 is 39.8 Å². The number of halogens is 1. The van der Waals surface area contributed by atoms with Crippen molar-refractivity contribution < 1.29 is 4.79 Å². The van der Waals surface area contributed by atoms with Crippen molar-refractivity contribution in [3.63, 3.8) is 0 Å². The van der Waals surface area contributed by atoms with Crippen LogP contribution >= 0.6 is 27.7 Å². The van der Waals surface area contributed by atoms with Crippen LogP contribution < -0.4 is 5.43 Å². The third-order valence-electron chi connectivity index (χ3n) is 5.09. The van der Waals surface area contributed by atoms with Crippen LogP contribution in [0.2, 0.25) is 0 Å². The summed E-state index contributed by atoms with van der Waals surface area (Å²) in [5, 5.41) is 13.5. The number of benzene rings is 3. The summed E-state index contributed by atoms with van der Waals surface area (Å²) < 4.78 is 2.95. The van der Waals surface area contributed by atoms with Gasteiger partial charge in [0.1, 0.15) is 0 Å². The van der Waals surface area contributed by atoms with Gasteiger partial charge in [0.25, 0.3) is 5.91 Å². The molecule has 0 radical (unpaired) electrons. The molecule has 8 heteroatoms. The van der Waals surface area contributed by atoms with E-state index in [1.807, 2.05) is 71.3 Å². The number of amides is 1. The summed E-state index contributed by atoms with van der Waals surface area (Å²) in [6, 6.07) is 25.9. The second-order valence-corrected chi connectivity index (χ2v) is 9.75. The van der Waals surface area contributed by atoms with Gasteiger partial charge in [-0.2, -0.15) is 5.10 Å². The smallest absolute Gasteiger partial charge is 0.250 e. The van der Waals surface area contributed by atoms with E-state index < -0.39 is 0 Å². The van der Waals surface area contributed by atoms with E-state index >= 15 is 0 Å². The van der Waals surface area contributed by atoms with Crippen LogP contribution in [-0.4, -0.2) is 32.6 Å². The molecule has 172 valence electrons. The summed E-state index contributed by atoms with van der Waals surface area (Å²) in [6.45, 7) is 4.31. The number of thioether (sulfide) groups is 1. The molecule has 1 aromatic heterocycles. The van der Waals surface area contributed by atoms with E-state index in [2.05, 4.69) is 62.6 Å². The Kier molecular flexibility index (Phi) is 7.92. The standard InChI is InChI=1S/C26H24BrN5OS/c1-18(2)20-10-8-19(9-11-20)16-28-29-24(33)17-34-26-31-30-25(21-12-14-22(27)15-13-21)32(26)23-6-4-3-5-7-23/h3-16,18H,17H2,1-2H3,(H,29,33)/b28-16-. The highest BCUT2D eigenvalue weighted by atomic mass is 79.9. The lowest BCUT2D eigenvalue weighted by Gasteiger charge is -2.10. The van der Waals surface area contributed by atoms with Crippen LogP contribution in [0.1, 0.15) is 30.9 Å². The Bertz CT molecular complexity index is 1270. The van der Waals surface area contributed by atoms with Gasteiger partial charge in [0, 0.05) is 15.7 Å². The predicted molar refractivity (Wildman–Crippen MR) is 141 cm³/mol. The van der Waals surface area contributed by atoms with Gasteiger partial charge in [-0.1, -0.05) is 96.1 Å². The molecule has 1 amide bonds. The zero-order valence-electron chi connectivity index (χ0n) is 18.9. The lowest BCUT2D eigenvalue weighted by Crippen LogP contribution is -2.20. The van der Waals surface area contributed by atoms with Gasteiger partial charge in [0.05, 0.1) is 12.0 Å². The first-order valence-corrected chi connectivity index (χ1v) is 12.6. The van der Waals surface area contributed by atoms with Crippen LogP contribution in [0.4, 0.5) is 0 Å². The van der Waals surface area contributed by atoms with Crippen LogP contribution in [0.25, 0.3) is 17.1 Å². The largest absolute Gasteiger partial charge is 0.272 e. The first kappa shape index (κ1) is 23.9. The van der Waals surface area contributed by atoms with E-state index in [0.29, 0.717) is 16.9 Å². The number of nitrogens with one attached hydrogen (secondary N) is 1. The summed E-state index contributed by atoms with van der Waals surface area (Å²) in [6.07, 6.45) is 1.64. The summed E-state index contributed by atoms with van der Waals surface area (Å²) >= 11 is 4.78. The average Bonchev–Trinajstić information content (AvgIpc) is 3.28. The molecule has 34 heavy (non-hydrogen) atoms. The Balaban J connectivity index is 1.45. The van der Waals surface area contributed by atoms with Gasteiger partial charge < -0.3 is 0 Å². The van der Waals surface area contributed by atoms with E-state index in [1.165, 1.54) is 17.3 Å². The normalized spacial score (nSPS) is 11.3. The molecule has 1 heterocycles. The van der Waals surface area contributed by atoms with Crippen molar-refractivity contribution in [2.24, 2.45) is 5.10 Å². The Morgan fingerprint density at radius 2 is 1.74 bits per heavy atom. The van der Waals surface area contributed by atoms with Crippen molar-refractivity contribution in [1.29, 1.82) is 0 Å². The molecule has 0 aliphatic carbocycles. The molecule has 0 spiro atoms. The monoisotopic (exact) mass is 533 g/mol. The molecule has 0 bridgehead atoms. The minimum absolute atomic E-state index is 0.162. The van der Waals surface area contributed by atoms with Gasteiger partial charge in [-0.25, -0.2) is 5.43 Å². The highest BCUT2D eigenvalue weighted by Gasteiger charge is 2.17. The molecule has 0 unspecified atom stereocenters. The minimum atomic E-state index is -0.215. The zero-order valence-corrected chi connectivity index (χ0v) is 21.3. The quantitative estimate of drug-likeness (QED) is 0.169. The maximum absolute atomic E-state index is 12.4. The number of hydrazone groups is 1. The molecule has 0 aliphatic rings. The minimum Gasteiger partial charge on any atom is -0.272 e. The van der Waals surface area contributed by atoms with Crippen LogP contribution in [-0.2, 0) is 4.79 Å². The molecule has 0 fully saturated rings. The third-order valence-corrected chi connectivity index (χ3v) is 6.55. The number of hydrogen-bond donors (Lipinski definition) is 1. The van der Waals surface area contributed by atoms with Gasteiger partial charge in [0.2, 0.25) is 0 Å². The molecule has 0 saturated carbocycles. The summed E-state index contributed by atoms with van der Waals surface area (Å²) in [7, 11) is 0. The number of para-hydroxylation sites is 1. The third kappa shape index (κ3) is 6.01. The first-order valence-electron chi connectivity index (χ1n) is 10.8. The molecular weight excluding hydrogens is 510 g/mol. The van der Waals surface area contributed by atoms with Gasteiger partial charge in [0.15, 0.2) is 11.0 Å².